The number of rotatable bonds is 3. The number of aldehydes is 1. The van der Waals surface area contributed by atoms with Crippen molar-refractivity contribution in [2.45, 2.75) is 0 Å². The van der Waals surface area contributed by atoms with Gasteiger partial charge in [-0.3, -0.25) is 4.79 Å². The average molecular weight is 230 g/mol. The van der Waals surface area contributed by atoms with Crippen LogP contribution in [0.15, 0.2) is 42.5 Å². The summed E-state index contributed by atoms with van der Waals surface area (Å²) in [5, 5.41) is 0. The quantitative estimate of drug-likeness (QED) is 0.756. The van der Waals surface area contributed by atoms with Gasteiger partial charge in [0.15, 0.2) is 0 Å². The van der Waals surface area contributed by atoms with Gasteiger partial charge in [-0.1, -0.05) is 12.1 Å². The van der Waals surface area contributed by atoms with Gasteiger partial charge >= 0.3 is 0 Å². The molecule has 0 saturated heterocycles. The van der Waals surface area contributed by atoms with E-state index in [9.17, 15) is 9.18 Å². The van der Waals surface area contributed by atoms with Crippen LogP contribution in [0.2, 0.25) is 0 Å². The summed E-state index contributed by atoms with van der Waals surface area (Å²) in [6.07, 6.45) is 0.698. The van der Waals surface area contributed by atoms with Crippen molar-refractivity contribution < 1.29 is 13.9 Å². The van der Waals surface area contributed by atoms with Crippen LogP contribution in [0.3, 0.4) is 0 Å². The van der Waals surface area contributed by atoms with Gasteiger partial charge < -0.3 is 4.74 Å². The lowest BCUT2D eigenvalue weighted by molar-refractivity contribution is 0.112. The summed E-state index contributed by atoms with van der Waals surface area (Å²) >= 11 is 0. The third-order valence-corrected chi connectivity index (χ3v) is 2.51. The number of benzene rings is 2. The monoisotopic (exact) mass is 230 g/mol. The third-order valence-electron chi connectivity index (χ3n) is 2.51. The van der Waals surface area contributed by atoms with Crippen LogP contribution in [0.25, 0.3) is 11.1 Å². The number of methoxy groups -OCH3 is 1. The minimum atomic E-state index is -0.358. The minimum absolute atomic E-state index is 0.358. The van der Waals surface area contributed by atoms with Gasteiger partial charge in [0, 0.05) is 11.1 Å². The number of carbonyl (C=O) groups excluding carboxylic acids is 1. The second-order valence-corrected chi connectivity index (χ2v) is 3.59. The smallest absolute Gasteiger partial charge is 0.150 e. The Morgan fingerprint density at radius 3 is 2.71 bits per heavy atom. The molecule has 0 amide bonds. The maximum atomic E-state index is 13.7. The van der Waals surface area contributed by atoms with E-state index < -0.39 is 0 Å². The molecule has 0 aliphatic carbocycles. The topological polar surface area (TPSA) is 26.3 Å². The Balaban J connectivity index is 2.54. The summed E-state index contributed by atoms with van der Waals surface area (Å²) in [4.78, 5) is 10.7. The third kappa shape index (κ3) is 2.33. The molecular formula is C14H11FO2. The normalized spacial score (nSPS) is 10.0. The Bertz CT molecular complexity index is 550. The van der Waals surface area contributed by atoms with E-state index in [1.807, 2.05) is 0 Å². The molecule has 86 valence electrons. The minimum Gasteiger partial charge on any atom is -0.497 e. The fourth-order valence-corrected chi connectivity index (χ4v) is 1.63. The van der Waals surface area contributed by atoms with Gasteiger partial charge in [-0.2, -0.15) is 0 Å². The van der Waals surface area contributed by atoms with E-state index in [1.54, 1.807) is 31.4 Å². The molecule has 2 rings (SSSR count). The Morgan fingerprint density at radius 1 is 1.18 bits per heavy atom. The summed E-state index contributed by atoms with van der Waals surface area (Å²) in [5.41, 5.74) is 1.53. The van der Waals surface area contributed by atoms with E-state index in [0.717, 1.165) is 0 Å². The second-order valence-electron chi connectivity index (χ2n) is 3.59. The molecule has 0 aliphatic rings. The lowest BCUT2D eigenvalue weighted by Gasteiger charge is -2.06. The SMILES string of the molecule is COc1cccc(-c2cc(C=O)ccc2F)c1. The first-order chi connectivity index (χ1) is 8.24. The lowest BCUT2D eigenvalue weighted by Crippen LogP contribution is -1.89. The van der Waals surface area contributed by atoms with Gasteiger partial charge in [0.2, 0.25) is 0 Å². The van der Waals surface area contributed by atoms with Crippen LogP contribution in [-0.4, -0.2) is 13.4 Å². The van der Waals surface area contributed by atoms with Crippen molar-refractivity contribution >= 4 is 6.29 Å². The van der Waals surface area contributed by atoms with Crippen LogP contribution in [0, 0.1) is 5.82 Å². The highest BCUT2D eigenvalue weighted by atomic mass is 19.1. The molecule has 0 saturated carbocycles. The Morgan fingerprint density at radius 2 is 2.00 bits per heavy atom. The molecule has 0 aromatic heterocycles. The van der Waals surface area contributed by atoms with Gasteiger partial charge in [0.25, 0.3) is 0 Å². The standard InChI is InChI=1S/C14H11FO2/c1-17-12-4-2-3-11(8-12)13-7-10(9-16)5-6-14(13)15/h2-9H,1H3. The number of ether oxygens (including phenoxy) is 1. The van der Waals surface area contributed by atoms with E-state index in [-0.39, 0.29) is 5.82 Å². The van der Waals surface area contributed by atoms with E-state index in [1.165, 1.54) is 18.2 Å². The molecular weight excluding hydrogens is 219 g/mol. The molecule has 2 nitrogen and oxygen atoms in total. The predicted octanol–water partition coefficient (Wildman–Crippen LogP) is 3.31. The van der Waals surface area contributed by atoms with E-state index in [0.29, 0.717) is 28.7 Å². The fourth-order valence-electron chi connectivity index (χ4n) is 1.63. The molecule has 0 aliphatic heterocycles. The predicted molar refractivity (Wildman–Crippen MR) is 63.8 cm³/mol. The van der Waals surface area contributed by atoms with Crippen LogP contribution < -0.4 is 4.74 Å². The van der Waals surface area contributed by atoms with E-state index >= 15 is 0 Å². The zero-order chi connectivity index (χ0) is 12.3. The Hall–Kier alpha value is -2.16. The highest BCUT2D eigenvalue weighted by Gasteiger charge is 2.07. The molecule has 0 radical (unpaired) electrons. The molecule has 0 heterocycles. The largest absolute Gasteiger partial charge is 0.497 e. The molecule has 0 N–H and O–H groups in total. The highest BCUT2D eigenvalue weighted by molar-refractivity contribution is 5.79. The number of carbonyl (C=O) groups is 1. The lowest BCUT2D eigenvalue weighted by atomic mass is 10.0. The summed E-state index contributed by atoms with van der Waals surface area (Å²) in [5.74, 6) is 0.294. The fraction of sp³-hybridized carbons (Fsp3) is 0.0714. The molecule has 0 atom stereocenters. The van der Waals surface area contributed by atoms with E-state index in [2.05, 4.69) is 0 Å². The van der Waals surface area contributed by atoms with Crippen LogP contribution in [0.1, 0.15) is 10.4 Å². The number of hydrogen-bond acceptors (Lipinski definition) is 2. The summed E-state index contributed by atoms with van der Waals surface area (Å²) < 4.78 is 18.8. The zero-order valence-electron chi connectivity index (χ0n) is 9.31. The maximum absolute atomic E-state index is 13.7. The average Bonchev–Trinajstić information content (AvgIpc) is 2.39. The first kappa shape index (κ1) is 11.3. The van der Waals surface area contributed by atoms with Crippen molar-refractivity contribution in [3.63, 3.8) is 0 Å². The summed E-state index contributed by atoms with van der Waals surface area (Å²) in [6.45, 7) is 0. The van der Waals surface area contributed by atoms with Crippen molar-refractivity contribution in [1.29, 1.82) is 0 Å². The van der Waals surface area contributed by atoms with Gasteiger partial charge in [0.05, 0.1) is 7.11 Å². The van der Waals surface area contributed by atoms with Crippen LogP contribution in [-0.2, 0) is 0 Å². The second kappa shape index (κ2) is 4.78. The van der Waals surface area contributed by atoms with Gasteiger partial charge in [-0.05, 0) is 35.9 Å². The van der Waals surface area contributed by atoms with Crippen molar-refractivity contribution in [3.05, 3.63) is 53.8 Å². The summed E-state index contributed by atoms with van der Waals surface area (Å²) in [6, 6.07) is 11.3. The molecule has 0 unspecified atom stereocenters. The van der Waals surface area contributed by atoms with Gasteiger partial charge in [-0.25, -0.2) is 4.39 Å². The molecule has 17 heavy (non-hydrogen) atoms. The van der Waals surface area contributed by atoms with Crippen molar-refractivity contribution in [2.75, 3.05) is 7.11 Å². The highest BCUT2D eigenvalue weighted by Crippen LogP contribution is 2.26. The van der Waals surface area contributed by atoms with Crippen molar-refractivity contribution in [3.8, 4) is 16.9 Å². The Kier molecular flexibility index (Phi) is 3.19. The molecule has 2 aromatic carbocycles. The summed E-state index contributed by atoms with van der Waals surface area (Å²) in [7, 11) is 1.55. The zero-order valence-corrected chi connectivity index (χ0v) is 9.31. The van der Waals surface area contributed by atoms with Crippen LogP contribution in [0.4, 0.5) is 4.39 Å². The van der Waals surface area contributed by atoms with Gasteiger partial charge in [-0.15, -0.1) is 0 Å². The molecule has 0 fully saturated rings. The molecule has 0 spiro atoms. The first-order valence-corrected chi connectivity index (χ1v) is 5.14. The first-order valence-electron chi connectivity index (χ1n) is 5.14. The van der Waals surface area contributed by atoms with Crippen molar-refractivity contribution in [1.82, 2.24) is 0 Å². The van der Waals surface area contributed by atoms with Gasteiger partial charge in [0.1, 0.15) is 17.9 Å². The molecule has 0 bridgehead atoms. The number of halogens is 1. The molecule has 2 aromatic rings. The maximum Gasteiger partial charge on any atom is 0.150 e. The van der Waals surface area contributed by atoms with E-state index in [4.69, 9.17) is 4.74 Å². The molecule has 3 heteroatoms. The Labute approximate surface area is 98.7 Å². The van der Waals surface area contributed by atoms with Crippen LogP contribution in [0.5, 0.6) is 5.75 Å². The van der Waals surface area contributed by atoms with Crippen molar-refractivity contribution in [2.24, 2.45) is 0 Å². The van der Waals surface area contributed by atoms with Crippen LogP contribution >= 0.6 is 0 Å². The number of hydrogen-bond donors (Lipinski definition) is 0.